The van der Waals surface area contributed by atoms with Crippen molar-refractivity contribution in [3.05, 3.63) is 78.0 Å². The normalized spacial score (nSPS) is 18.9. The van der Waals surface area contributed by atoms with Crippen LogP contribution in [0.25, 0.3) is 5.57 Å². The van der Waals surface area contributed by atoms with E-state index in [2.05, 4.69) is 71.8 Å². The van der Waals surface area contributed by atoms with Crippen molar-refractivity contribution in [2.75, 3.05) is 13.1 Å². The van der Waals surface area contributed by atoms with E-state index >= 15 is 0 Å². The van der Waals surface area contributed by atoms with E-state index in [9.17, 15) is 0 Å². The van der Waals surface area contributed by atoms with Crippen LogP contribution < -0.4 is 0 Å². The molecule has 0 aliphatic carbocycles. The summed E-state index contributed by atoms with van der Waals surface area (Å²) in [6.45, 7) is 2.37. The first kappa shape index (κ1) is 14.2. The van der Waals surface area contributed by atoms with Crippen LogP contribution in [0.15, 0.2) is 66.9 Å². The quantitative estimate of drug-likeness (QED) is 0.789. The highest BCUT2D eigenvalue weighted by molar-refractivity contribution is 5.85. The van der Waals surface area contributed by atoms with Crippen LogP contribution in [0.2, 0.25) is 0 Å². The molecule has 2 heteroatoms. The van der Waals surface area contributed by atoms with Crippen molar-refractivity contribution < 1.29 is 0 Å². The minimum Gasteiger partial charge on any atom is -0.377 e. The summed E-state index contributed by atoms with van der Waals surface area (Å²) < 4.78 is 0. The Labute approximate surface area is 132 Å². The van der Waals surface area contributed by atoms with Gasteiger partial charge in [0, 0.05) is 24.7 Å². The lowest BCUT2D eigenvalue weighted by Crippen LogP contribution is -2.46. The van der Waals surface area contributed by atoms with Gasteiger partial charge in [0.15, 0.2) is 0 Å². The van der Waals surface area contributed by atoms with Gasteiger partial charge in [0.2, 0.25) is 0 Å². The average molecular weight is 298 g/mol. The first-order valence-electron chi connectivity index (χ1n) is 7.46. The van der Waals surface area contributed by atoms with E-state index in [-0.39, 0.29) is 17.8 Å². The third kappa shape index (κ3) is 2.26. The molecule has 2 aromatic rings. The fourth-order valence-electron chi connectivity index (χ4n) is 3.78. The molecule has 0 saturated carbocycles. The van der Waals surface area contributed by atoms with Gasteiger partial charge in [0.05, 0.1) is 0 Å². The molecule has 2 aromatic carbocycles. The third-order valence-electron chi connectivity index (χ3n) is 4.89. The van der Waals surface area contributed by atoms with Gasteiger partial charge in [-0.3, -0.25) is 0 Å². The number of benzene rings is 2. The zero-order valence-electron chi connectivity index (χ0n) is 12.0. The van der Waals surface area contributed by atoms with Crippen LogP contribution in [-0.4, -0.2) is 18.0 Å². The summed E-state index contributed by atoms with van der Waals surface area (Å²) in [5.74, 6) is 0. The number of rotatable bonds is 2. The number of allylic oxidation sites excluding steroid dienone is 1. The third-order valence-corrected chi connectivity index (χ3v) is 4.89. The van der Waals surface area contributed by atoms with Crippen molar-refractivity contribution in [3.8, 4) is 0 Å². The predicted molar refractivity (Wildman–Crippen MR) is 90.6 cm³/mol. The van der Waals surface area contributed by atoms with E-state index in [4.69, 9.17) is 0 Å². The average Bonchev–Trinajstić information content (AvgIpc) is 2.57. The summed E-state index contributed by atoms with van der Waals surface area (Å²) in [5, 5.41) is 0. The van der Waals surface area contributed by atoms with Crippen molar-refractivity contribution in [2.45, 2.75) is 18.3 Å². The maximum absolute atomic E-state index is 2.48. The first-order valence-corrected chi connectivity index (χ1v) is 7.46. The van der Waals surface area contributed by atoms with Gasteiger partial charge in [-0.2, -0.15) is 0 Å². The first-order chi connectivity index (χ1) is 9.88. The molecular formula is C19H20ClN. The second-order valence-electron chi connectivity index (χ2n) is 5.89. The Kier molecular flexibility index (Phi) is 3.77. The Morgan fingerprint density at radius 1 is 0.762 bits per heavy atom. The standard InChI is InChI=1S/C19H19N.ClH/c1-3-7-16(8-4-1)18-15-20-13-11-19(18,12-14-20)17-9-5-2-6-10-17;/h1-10,15H,11-14H2;1H. The maximum Gasteiger partial charge on any atom is 0.0256 e. The van der Waals surface area contributed by atoms with E-state index < -0.39 is 0 Å². The molecule has 5 rings (SSSR count). The highest BCUT2D eigenvalue weighted by Gasteiger charge is 2.43. The molecule has 1 nitrogen and oxygen atoms in total. The Bertz CT molecular complexity index is 625. The van der Waals surface area contributed by atoms with Gasteiger partial charge in [-0.1, -0.05) is 60.7 Å². The smallest absolute Gasteiger partial charge is 0.0256 e. The van der Waals surface area contributed by atoms with Crippen LogP contribution in [0, 0.1) is 0 Å². The Hall–Kier alpha value is -1.73. The van der Waals surface area contributed by atoms with Gasteiger partial charge in [-0.25, -0.2) is 0 Å². The van der Waals surface area contributed by atoms with Crippen molar-refractivity contribution in [3.63, 3.8) is 0 Å². The summed E-state index contributed by atoms with van der Waals surface area (Å²) >= 11 is 0. The van der Waals surface area contributed by atoms with Gasteiger partial charge >= 0.3 is 0 Å². The topological polar surface area (TPSA) is 3.24 Å². The lowest BCUT2D eigenvalue weighted by molar-refractivity contribution is 0.222. The summed E-state index contributed by atoms with van der Waals surface area (Å²) in [6, 6.07) is 22.0. The highest BCUT2D eigenvalue weighted by atomic mass is 35.5. The molecule has 3 heterocycles. The van der Waals surface area contributed by atoms with Crippen LogP contribution in [0.5, 0.6) is 0 Å². The van der Waals surface area contributed by atoms with Gasteiger partial charge in [0.1, 0.15) is 0 Å². The van der Waals surface area contributed by atoms with Gasteiger partial charge in [-0.05, 0) is 29.5 Å². The molecule has 21 heavy (non-hydrogen) atoms. The molecule has 0 spiro atoms. The second kappa shape index (κ2) is 5.57. The SMILES string of the molecule is C1=C(c2ccccc2)C2(c3ccccc3)CCN1CC2.Cl. The summed E-state index contributed by atoms with van der Waals surface area (Å²) in [6.07, 6.45) is 4.87. The fourth-order valence-corrected chi connectivity index (χ4v) is 3.78. The minimum atomic E-state index is 0. The monoisotopic (exact) mass is 297 g/mol. The van der Waals surface area contributed by atoms with Crippen LogP contribution in [-0.2, 0) is 5.41 Å². The molecule has 2 bridgehead atoms. The Morgan fingerprint density at radius 2 is 1.33 bits per heavy atom. The molecule has 1 fully saturated rings. The zero-order valence-corrected chi connectivity index (χ0v) is 12.9. The number of fused-ring (bicyclic) bond motifs is 2. The molecule has 0 N–H and O–H groups in total. The van der Waals surface area contributed by atoms with Gasteiger partial charge in [0.25, 0.3) is 0 Å². The molecule has 108 valence electrons. The van der Waals surface area contributed by atoms with Crippen molar-refractivity contribution in [1.29, 1.82) is 0 Å². The molecule has 0 unspecified atom stereocenters. The second-order valence-corrected chi connectivity index (χ2v) is 5.89. The van der Waals surface area contributed by atoms with E-state index in [0.717, 1.165) is 0 Å². The molecule has 3 aliphatic rings. The van der Waals surface area contributed by atoms with Crippen LogP contribution in [0.4, 0.5) is 0 Å². The molecule has 3 aliphatic heterocycles. The summed E-state index contributed by atoms with van der Waals surface area (Å²) in [7, 11) is 0. The molecule has 0 atom stereocenters. The molecule has 0 amide bonds. The number of nitrogens with zero attached hydrogens (tertiary/aromatic N) is 1. The van der Waals surface area contributed by atoms with E-state index in [0.29, 0.717) is 0 Å². The Balaban J connectivity index is 0.00000132. The molecule has 0 aromatic heterocycles. The molecule has 0 radical (unpaired) electrons. The van der Waals surface area contributed by atoms with Crippen LogP contribution >= 0.6 is 12.4 Å². The molecule has 1 saturated heterocycles. The fraction of sp³-hybridized carbons (Fsp3) is 0.263. The lowest BCUT2D eigenvalue weighted by atomic mass is 9.64. The highest BCUT2D eigenvalue weighted by Crippen LogP contribution is 2.49. The van der Waals surface area contributed by atoms with Crippen LogP contribution in [0.3, 0.4) is 0 Å². The summed E-state index contributed by atoms with van der Waals surface area (Å²) in [4.78, 5) is 2.48. The number of hydrogen-bond donors (Lipinski definition) is 0. The number of piperidine rings is 1. The van der Waals surface area contributed by atoms with Gasteiger partial charge in [-0.15, -0.1) is 12.4 Å². The van der Waals surface area contributed by atoms with E-state index in [1.165, 1.54) is 42.6 Å². The predicted octanol–water partition coefficient (Wildman–Crippen LogP) is 4.50. The van der Waals surface area contributed by atoms with E-state index in [1.54, 1.807) is 0 Å². The Morgan fingerprint density at radius 3 is 1.95 bits per heavy atom. The maximum atomic E-state index is 2.48. The minimum absolute atomic E-state index is 0. The van der Waals surface area contributed by atoms with Crippen molar-refractivity contribution >= 4 is 18.0 Å². The number of hydrogen-bond acceptors (Lipinski definition) is 1. The summed E-state index contributed by atoms with van der Waals surface area (Å²) in [5.41, 5.74) is 4.58. The largest absolute Gasteiger partial charge is 0.377 e. The van der Waals surface area contributed by atoms with Crippen LogP contribution in [0.1, 0.15) is 24.0 Å². The van der Waals surface area contributed by atoms with Gasteiger partial charge < -0.3 is 4.90 Å². The van der Waals surface area contributed by atoms with E-state index in [1.807, 2.05) is 0 Å². The zero-order chi connectivity index (χ0) is 13.4. The number of halogens is 1. The molecular weight excluding hydrogens is 278 g/mol. The lowest BCUT2D eigenvalue weighted by Gasteiger charge is -2.49. The van der Waals surface area contributed by atoms with Crippen molar-refractivity contribution in [2.24, 2.45) is 0 Å². The van der Waals surface area contributed by atoms with Crippen molar-refractivity contribution in [1.82, 2.24) is 4.90 Å².